The summed E-state index contributed by atoms with van der Waals surface area (Å²) < 4.78 is 5.23. The van der Waals surface area contributed by atoms with Crippen LogP contribution in [0.2, 0.25) is 0 Å². The summed E-state index contributed by atoms with van der Waals surface area (Å²) in [6, 6.07) is 0. The van der Waals surface area contributed by atoms with Crippen LogP contribution < -0.4 is 0 Å². The lowest BCUT2D eigenvalue weighted by atomic mass is 10.4. The molecule has 0 saturated carbocycles. The molecular weight excluding hydrogens is 145 g/mol. The van der Waals surface area contributed by atoms with Gasteiger partial charge in [-0.05, 0) is 19.1 Å². The Morgan fingerprint density at radius 3 is 2.60 bits per heavy atom. The lowest BCUT2D eigenvalue weighted by Crippen LogP contribution is -2.36. The largest absolute Gasteiger partial charge is 0.379 e. The van der Waals surface area contributed by atoms with Gasteiger partial charge >= 0.3 is 0 Å². The van der Waals surface area contributed by atoms with Gasteiger partial charge in [0.1, 0.15) is 0 Å². The van der Waals surface area contributed by atoms with E-state index in [1.54, 1.807) is 0 Å². The summed E-state index contributed by atoms with van der Waals surface area (Å²) in [4.78, 5) is 2.47. The van der Waals surface area contributed by atoms with E-state index in [1.165, 1.54) is 19.1 Å². The molecule has 1 unspecified atom stereocenters. The van der Waals surface area contributed by atoms with Gasteiger partial charge in [-0.3, -0.25) is 4.90 Å². The van der Waals surface area contributed by atoms with E-state index in [4.69, 9.17) is 4.74 Å². The van der Waals surface area contributed by atoms with Crippen LogP contribution in [-0.4, -0.2) is 43.9 Å². The van der Waals surface area contributed by atoms with E-state index in [-0.39, 0.29) is 0 Å². The number of nitrogens with zero attached hydrogens (tertiary/aromatic N) is 1. The molecule has 2 nitrogen and oxygen atoms in total. The summed E-state index contributed by atoms with van der Waals surface area (Å²) in [6.07, 6.45) is 2.52. The van der Waals surface area contributed by atoms with Gasteiger partial charge in [-0.2, -0.15) is 0 Å². The van der Waals surface area contributed by atoms with Gasteiger partial charge in [0.25, 0.3) is 0 Å². The minimum atomic E-state index is 0.927. The SMILES string of the molecule is PCCCN1CCOCC1. The maximum atomic E-state index is 5.23. The van der Waals surface area contributed by atoms with Gasteiger partial charge in [0, 0.05) is 13.1 Å². The van der Waals surface area contributed by atoms with Gasteiger partial charge in [-0.25, -0.2) is 0 Å². The summed E-state index contributed by atoms with van der Waals surface area (Å²) >= 11 is 0. The van der Waals surface area contributed by atoms with Crippen LogP contribution in [-0.2, 0) is 4.74 Å². The second-order valence-corrected chi connectivity index (χ2v) is 3.17. The van der Waals surface area contributed by atoms with Crippen molar-refractivity contribution in [2.24, 2.45) is 0 Å². The number of hydrogen-bond donors (Lipinski definition) is 0. The van der Waals surface area contributed by atoms with Crippen molar-refractivity contribution < 1.29 is 4.74 Å². The van der Waals surface area contributed by atoms with Crippen molar-refractivity contribution in [2.75, 3.05) is 39.0 Å². The highest BCUT2D eigenvalue weighted by Gasteiger charge is 2.07. The van der Waals surface area contributed by atoms with Crippen molar-refractivity contribution in [1.82, 2.24) is 4.90 Å². The smallest absolute Gasteiger partial charge is 0.0594 e. The van der Waals surface area contributed by atoms with Crippen LogP contribution >= 0.6 is 9.24 Å². The van der Waals surface area contributed by atoms with Gasteiger partial charge in [0.15, 0.2) is 0 Å². The Morgan fingerprint density at radius 2 is 2.00 bits per heavy atom. The van der Waals surface area contributed by atoms with Gasteiger partial charge in [0.05, 0.1) is 13.2 Å². The number of rotatable bonds is 3. The summed E-state index contributed by atoms with van der Waals surface area (Å²) in [6.45, 7) is 5.36. The molecule has 1 aliphatic heterocycles. The third-order valence-electron chi connectivity index (χ3n) is 1.78. The van der Waals surface area contributed by atoms with Crippen LogP contribution in [0.5, 0.6) is 0 Å². The highest BCUT2D eigenvalue weighted by atomic mass is 31.0. The zero-order valence-electron chi connectivity index (χ0n) is 6.38. The van der Waals surface area contributed by atoms with Gasteiger partial charge in [-0.15, -0.1) is 9.24 Å². The predicted octanol–water partition coefficient (Wildman–Crippen LogP) is 0.584. The molecule has 0 aliphatic carbocycles. The van der Waals surface area contributed by atoms with E-state index < -0.39 is 0 Å². The Kier molecular flexibility index (Phi) is 4.27. The van der Waals surface area contributed by atoms with Crippen molar-refractivity contribution in [3.8, 4) is 0 Å². The zero-order chi connectivity index (χ0) is 7.23. The van der Waals surface area contributed by atoms with Gasteiger partial charge in [-0.1, -0.05) is 0 Å². The van der Waals surface area contributed by atoms with E-state index in [1.807, 2.05) is 0 Å². The fraction of sp³-hybridized carbons (Fsp3) is 1.00. The highest BCUT2D eigenvalue weighted by molar-refractivity contribution is 7.16. The van der Waals surface area contributed by atoms with Gasteiger partial charge < -0.3 is 4.74 Å². The van der Waals surface area contributed by atoms with E-state index in [0.29, 0.717) is 0 Å². The van der Waals surface area contributed by atoms with E-state index in [0.717, 1.165) is 26.3 Å². The van der Waals surface area contributed by atoms with Crippen LogP contribution in [0.25, 0.3) is 0 Å². The molecule has 1 fully saturated rings. The molecule has 0 N–H and O–H groups in total. The highest BCUT2D eigenvalue weighted by Crippen LogP contribution is 1.98. The van der Waals surface area contributed by atoms with E-state index >= 15 is 0 Å². The molecule has 1 saturated heterocycles. The minimum absolute atomic E-state index is 0.927. The third-order valence-corrected chi connectivity index (χ3v) is 2.19. The molecule has 0 spiro atoms. The summed E-state index contributed by atoms with van der Waals surface area (Å²) in [5, 5.41) is 0. The Morgan fingerprint density at radius 1 is 1.30 bits per heavy atom. The average Bonchev–Trinajstić information content (AvgIpc) is 2.03. The second kappa shape index (κ2) is 5.06. The third kappa shape index (κ3) is 2.96. The number of morpholine rings is 1. The van der Waals surface area contributed by atoms with Crippen molar-refractivity contribution in [3.63, 3.8) is 0 Å². The molecule has 1 aliphatic rings. The molecule has 0 aromatic carbocycles. The van der Waals surface area contributed by atoms with E-state index in [2.05, 4.69) is 14.1 Å². The summed E-state index contributed by atoms with van der Waals surface area (Å²) in [7, 11) is 2.76. The van der Waals surface area contributed by atoms with Crippen LogP contribution in [0.15, 0.2) is 0 Å². The fourth-order valence-corrected chi connectivity index (χ4v) is 1.32. The van der Waals surface area contributed by atoms with Crippen LogP contribution in [0.3, 0.4) is 0 Å². The fourth-order valence-electron chi connectivity index (χ4n) is 1.14. The Hall–Kier alpha value is 0.350. The average molecular weight is 161 g/mol. The van der Waals surface area contributed by atoms with Crippen molar-refractivity contribution in [2.45, 2.75) is 6.42 Å². The first-order valence-corrected chi connectivity index (χ1v) is 4.75. The molecule has 0 radical (unpaired) electrons. The lowest BCUT2D eigenvalue weighted by Gasteiger charge is -2.26. The second-order valence-electron chi connectivity index (χ2n) is 2.60. The van der Waals surface area contributed by atoms with Crippen molar-refractivity contribution in [3.05, 3.63) is 0 Å². The van der Waals surface area contributed by atoms with Crippen LogP contribution in [0, 0.1) is 0 Å². The maximum Gasteiger partial charge on any atom is 0.0594 e. The molecule has 10 heavy (non-hydrogen) atoms. The molecular formula is C7H16NOP. The van der Waals surface area contributed by atoms with Gasteiger partial charge in [0.2, 0.25) is 0 Å². The lowest BCUT2D eigenvalue weighted by molar-refractivity contribution is 0.0381. The minimum Gasteiger partial charge on any atom is -0.379 e. The standard InChI is InChI=1S/C7H16NOP/c10-7-1-2-8-3-5-9-6-4-8/h1-7,10H2. The molecule has 1 atom stereocenters. The quantitative estimate of drug-likeness (QED) is 0.561. The molecule has 1 heterocycles. The predicted molar refractivity (Wildman–Crippen MR) is 46.5 cm³/mol. The first kappa shape index (κ1) is 8.45. The normalized spacial score (nSPS) is 21.3. The molecule has 0 bridgehead atoms. The summed E-state index contributed by atoms with van der Waals surface area (Å²) in [5.74, 6) is 0. The van der Waals surface area contributed by atoms with Crippen LogP contribution in [0.1, 0.15) is 6.42 Å². The molecule has 0 amide bonds. The molecule has 60 valence electrons. The van der Waals surface area contributed by atoms with E-state index in [9.17, 15) is 0 Å². The Bertz CT molecular complexity index is 83.7. The zero-order valence-corrected chi connectivity index (χ0v) is 7.54. The number of hydrogen-bond acceptors (Lipinski definition) is 2. The first-order chi connectivity index (χ1) is 4.93. The Balaban J connectivity index is 2.02. The number of ether oxygens (including phenoxy) is 1. The topological polar surface area (TPSA) is 12.5 Å². The molecule has 1 rings (SSSR count). The Labute approximate surface area is 65.1 Å². The summed E-state index contributed by atoms with van der Waals surface area (Å²) in [5.41, 5.74) is 0. The van der Waals surface area contributed by atoms with Crippen molar-refractivity contribution in [1.29, 1.82) is 0 Å². The molecule has 3 heteroatoms. The monoisotopic (exact) mass is 161 g/mol. The molecule has 0 aromatic rings. The molecule has 0 aromatic heterocycles. The first-order valence-electron chi connectivity index (χ1n) is 3.93. The van der Waals surface area contributed by atoms with Crippen molar-refractivity contribution >= 4 is 9.24 Å². The maximum absolute atomic E-state index is 5.23. The van der Waals surface area contributed by atoms with Crippen LogP contribution in [0.4, 0.5) is 0 Å².